The highest BCUT2D eigenvalue weighted by molar-refractivity contribution is 7.24. The number of hydrogen-bond acceptors (Lipinski definition) is 6. The highest BCUT2D eigenvalue weighted by Gasteiger charge is 2.19. The fourth-order valence-electron chi connectivity index (χ4n) is 2.28. The highest BCUT2D eigenvalue weighted by atomic mass is 35.5. The Morgan fingerprint density at radius 3 is 2.65 bits per heavy atom. The maximum Gasteiger partial charge on any atom is 0.235 e. The molecular formula is C14H9Cl2N5S2. The Balaban J connectivity index is 1.90. The molecule has 0 atom stereocenters. The van der Waals surface area contributed by atoms with E-state index in [1.54, 1.807) is 34.1 Å². The number of rotatable bonds is 2. The largest absolute Gasteiger partial charge is 0.246 e. The van der Waals surface area contributed by atoms with Crippen LogP contribution in [0.3, 0.4) is 0 Å². The van der Waals surface area contributed by atoms with Crippen LogP contribution in [0.2, 0.25) is 10.0 Å². The molecule has 4 aromatic rings. The van der Waals surface area contributed by atoms with Crippen molar-refractivity contribution in [1.29, 1.82) is 0 Å². The van der Waals surface area contributed by atoms with Crippen LogP contribution in [0.5, 0.6) is 0 Å². The third-order valence-electron chi connectivity index (χ3n) is 3.26. The molecule has 0 bridgehead atoms. The topological polar surface area (TPSA) is 56.0 Å². The standard InChI is InChI=1S/C14H9Cl2N5S2/c1-6-11(22-7(2)17-6)13-20-21-12(18-19-14(21)23-13)9-5-8(15)3-4-10(9)16/h3-5H,1-2H3. The zero-order chi connectivity index (χ0) is 16.1. The average Bonchev–Trinajstić information content (AvgIpc) is 3.15. The van der Waals surface area contributed by atoms with E-state index in [0.29, 0.717) is 26.4 Å². The lowest BCUT2D eigenvalue weighted by molar-refractivity contribution is 0.971. The van der Waals surface area contributed by atoms with Crippen molar-refractivity contribution in [1.82, 2.24) is 24.8 Å². The minimum atomic E-state index is 0.558. The lowest BCUT2D eigenvalue weighted by atomic mass is 10.2. The van der Waals surface area contributed by atoms with E-state index in [2.05, 4.69) is 20.3 Å². The SMILES string of the molecule is Cc1nc(C)c(-c2nn3c(-c4cc(Cl)ccc4Cl)nnc3s2)s1. The summed E-state index contributed by atoms with van der Waals surface area (Å²) in [7, 11) is 0. The van der Waals surface area contributed by atoms with Gasteiger partial charge < -0.3 is 0 Å². The summed E-state index contributed by atoms with van der Waals surface area (Å²) in [6, 6.07) is 5.24. The minimum Gasteiger partial charge on any atom is -0.246 e. The number of halogens is 2. The summed E-state index contributed by atoms with van der Waals surface area (Å²) in [5.74, 6) is 0.578. The first kappa shape index (κ1) is 15.0. The van der Waals surface area contributed by atoms with Gasteiger partial charge in [-0.2, -0.15) is 9.61 Å². The van der Waals surface area contributed by atoms with Crippen molar-refractivity contribution in [3.63, 3.8) is 0 Å². The Morgan fingerprint density at radius 2 is 1.91 bits per heavy atom. The minimum absolute atomic E-state index is 0.558. The first-order valence-corrected chi connectivity index (χ1v) is 9.04. The second-order valence-electron chi connectivity index (χ2n) is 4.90. The summed E-state index contributed by atoms with van der Waals surface area (Å²) in [6.45, 7) is 3.97. The normalized spacial score (nSPS) is 11.5. The summed E-state index contributed by atoms with van der Waals surface area (Å²) in [5, 5.41) is 16.1. The van der Waals surface area contributed by atoms with Gasteiger partial charge in [0, 0.05) is 10.6 Å². The third-order valence-corrected chi connectivity index (χ3v) is 5.95. The third kappa shape index (κ3) is 2.53. The van der Waals surface area contributed by atoms with Gasteiger partial charge in [0.05, 0.1) is 20.6 Å². The van der Waals surface area contributed by atoms with E-state index in [1.807, 2.05) is 13.8 Å². The molecule has 0 saturated heterocycles. The lowest BCUT2D eigenvalue weighted by Gasteiger charge is -2.01. The van der Waals surface area contributed by atoms with Crippen LogP contribution in [-0.2, 0) is 0 Å². The maximum absolute atomic E-state index is 6.27. The summed E-state index contributed by atoms with van der Waals surface area (Å²) >= 11 is 15.4. The number of aryl methyl sites for hydroxylation is 2. The molecule has 116 valence electrons. The average molecular weight is 382 g/mol. The molecule has 0 aliphatic rings. The van der Waals surface area contributed by atoms with Crippen molar-refractivity contribution in [2.75, 3.05) is 0 Å². The molecule has 0 N–H and O–H groups in total. The summed E-state index contributed by atoms with van der Waals surface area (Å²) in [6.07, 6.45) is 0. The van der Waals surface area contributed by atoms with Crippen molar-refractivity contribution in [3.8, 4) is 21.3 Å². The van der Waals surface area contributed by atoms with E-state index in [0.717, 1.165) is 20.6 Å². The number of hydrogen-bond donors (Lipinski definition) is 0. The molecule has 0 unspecified atom stereocenters. The van der Waals surface area contributed by atoms with Crippen molar-refractivity contribution in [2.45, 2.75) is 13.8 Å². The Morgan fingerprint density at radius 1 is 1.09 bits per heavy atom. The Bertz CT molecular complexity index is 1030. The van der Waals surface area contributed by atoms with Gasteiger partial charge in [-0.3, -0.25) is 0 Å². The van der Waals surface area contributed by atoms with Crippen LogP contribution >= 0.6 is 45.9 Å². The summed E-state index contributed by atoms with van der Waals surface area (Å²) in [5.41, 5.74) is 1.68. The zero-order valence-electron chi connectivity index (χ0n) is 12.0. The zero-order valence-corrected chi connectivity index (χ0v) is 15.2. The van der Waals surface area contributed by atoms with Crippen LogP contribution in [0.1, 0.15) is 10.7 Å². The molecule has 23 heavy (non-hydrogen) atoms. The molecule has 0 amide bonds. The first-order chi connectivity index (χ1) is 11.0. The second kappa shape index (κ2) is 5.52. The van der Waals surface area contributed by atoms with Crippen molar-refractivity contribution in [2.24, 2.45) is 0 Å². The molecule has 0 fully saturated rings. The fourth-order valence-corrected chi connectivity index (χ4v) is 4.53. The van der Waals surface area contributed by atoms with Crippen molar-refractivity contribution < 1.29 is 0 Å². The van der Waals surface area contributed by atoms with E-state index in [-0.39, 0.29) is 0 Å². The second-order valence-corrected chi connectivity index (χ2v) is 7.90. The quantitative estimate of drug-likeness (QED) is 0.495. The van der Waals surface area contributed by atoms with E-state index < -0.39 is 0 Å². The predicted molar refractivity (Wildman–Crippen MR) is 94.7 cm³/mol. The molecule has 9 heteroatoms. The number of benzene rings is 1. The van der Waals surface area contributed by atoms with Crippen molar-refractivity contribution in [3.05, 3.63) is 38.9 Å². The monoisotopic (exact) mass is 381 g/mol. The number of fused-ring (bicyclic) bond motifs is 1. The van der Waals surface area contributed by atoms with Gasteiger partial charge in [0.15, 0.2) is 10.8 Å². The summed E-state index contributed by atoms with van der Waals surface area (Å²) in [4.78, 5) is 6.21. The van der Waals surface area contributed by atoms with Crippen LogP contribution in [-0.4, -0.2) is 24.8 Å². The van der Waals surface area contributed by atoms with Gasteiger partial charge in [-0.25, -0.2) is 4.98 Å². The first-order valence-electron chi connectivity index (χ1n) is 6.65. The summed E-state index contributed by atoms with van der Waals surface area (Å²) < 4.78 is 1.70. The molecule has 1 aromatic carbocycles. The van der Waals surface area contributed by atoms with Gasteiger partial charge in [-0.1, -0.05) is 34.5 Å². The van der Waals surface area contributed by atoms with Crippen molar-refractivity contribution >= 4 is 50.8 Å². The predicted octanol–water partition coefficient (Wildman–Crippen LogP) is 4.90. The van der Waals surface area contributed by atoms with Gasteiger partial charge in [0.2, 0.25) is 4.96 Å². The van der Waals surface area contributed by atoms with Crippen LogP contribution in [0, 0.1) is 13.8 Å². The molecule has 3 aromatic heterocycles. The van der Waals surface area contributed by atoms with Crippen LogP contribution < -0.4 is 0 Å². The maximum atomic E-state index is 6.27. The molecule has 0 aliphatic heterocycles. The Labute approximate surface area is 149 Å². The van der Waals surface area contributed by atoms with Crippen LogP contribution in [0.4, 0.5) is 0 Å². The van der Waals surface area contributed by atoms with E-state index >= 15 is 0 Å². The highest BCUT2D eigenvalue weighted by Crippen LogP contribution is 2.35. The van der Waals surface area contributed by atoms with E-state index in [4.69, 9.17) is 23.2 Å². The number of thiazole rings is 1. The van der Waals surface area contributed by atoms with Crippen LogP contribution in [0.15, 0.2) is 18.2 Å². The van der Waals surface area contributed by atoms with Gasteiger partial charge in [0.1, 0.15) is 0 Å². The van der Waals surface area contributed by atoms with Gasteiger partial charge in [0.25, 0.3) is 0 Å². The number of nitrogens with zero attached hydrogens (tertiary/aromatic N) is 5. The van der Waals surface area contributed by atoms with Crippen LogP contribution in [0.25, 0.3) is 26.2 Å². The van der Waals surface area contributed by atoms with E-state index in [1.165, 1.54) is 11.3 Å². The van der Waals surface area contributed by atoms with Gasteiger partial charge in [-0.05, 0) is 32.0 Å². The molecular weight excluding hydrogens is 373 g/mol. The lowest BCUT2D eigenvalue weighted by Crippen LogP contribution is -1.92. The molecule has 0 radical (unpaired) electrons. The smallest absolute Gasteiger partial charge is 0.235 e. The fraction of sp³-hybridized carbons (Fsp3) is 0.143. The molecule has 5 nitrogen and oxygen atoms in total. The molecule has 0 saturated carbocycles. The van der Waals surface area contributed by atoms with E-state index in [9.17, 15) is 0 Å². The molecule has 0 aliphatic carbocycles. The molecule has 3 heterocycles. The Hall–Kier alpha value is -1.54. The number of aromatic nitrogens is 5. The van der Waals surface area contributed by atoms with Gasteiger partial charge >= 0.3 is 0 Å². The Kier molecular flexibility index (Phi) is 3.60. The molecule has 0 spiro atoms. The molecule has 4 rings (SSSR count). The van der Waals surface area contributed by atoms with Gasteiger partial charge in [-0.15, -0.1) is 21.5 Å².